The van der Waals surface area contributed by atoms with Crippen LogP contribution < -0.4 is 0 Å². The number of benzene rings is 1. The number of aliphatic imine (C=N–C) groups is 1. The maximum absolute atomic E-state index is 14.2. The van der Waals surface area contributed by atoms with Gasteiger partial charge < -0.3 is 0 Å². The third-order valence-electron chi connectivity index (χ3n) is 6.93. The third-order valence-corrected chi connectivity index (χ3v) is 7.02. The Morgan fingerprint density at radius 3 is 2.23 bits per heavy atom. The number of isothiocyanates is 1. The molecule has 0 aliphatic heterocycles. The van der Waals surface area contributed by atoms with Gasteiger partial charge in [-0.3, -0.25) is 0 Å². The van der Waals surface area contributed by atoms with Crippen LogP contribution in [0.25, 0.3) is 0 Å². The van der Waals surface area contributed by atoms with Crippen molar-refractivity contribution in [3.63, 3.8) is 0 Å². The molecule has 0 radical (unpaired) electrons. The maximum Gasteiger partial charge on any atom is 0.150 e. The van der Waals surface area contributed by atoms with E-state index in [9.17, 15) is 4.39 Å². The maximum atomic E-state index is 14.2. The number of hydrogen-bond donors (Lipinski definition) is 0. The predicted octanol–water partition coefficient (Wildman–Crippen LogP) is 7.43. The number of halogens is 1. The van der Waals surface area contributed by atoms with E-state index in [0.717, 1.165) is 41.2 Å². The van der Waals surface area contributed by atoms with Crippen molar-refractivity contribution in [1.29, 1.82) is 0 Å². The first-order valence-corrected chi connectivity index (χ1v) is 10.8. The Morgan fingerprint density at radius 1 is 1.04 bits per heavy atom. The first-order valence-electron chi connectivity index (χ1n) is 10.4. The molecule has 0 amide bonds. The van der Waals surface area contributed by atoms with E-state index in [-0.39, 0.29) is 5.82 Å². The Bertz CT molecular complexity index is 625. The Hall–Kier alpha value is -1.05. The van der Waals surface area contributed by atoms with E-state index >= 15 is 0 Å². The molecule has 0 atom stereocenters. The molecule has 1 nitrogen and oxygen atoms in total. The lowest BCUT2D eigenvalue weighted by molar-refractivity contribution is 0.148. The van der Waals surface area contributed by atoms with E-state index in [2.05, 4.69) is 35.4 Å². The van der Waals surface area contributed by atoms with Crippen LogP contribution in [-0.2, 0) is 6.42 Å². The van der Waals surface area contributed by atoms with Gasteiger partial charge in [0, 0.05) is 0 Å². The van der Waals surface area contributed by atoms with Gasteiger partial charge in [0.1, 0.15) is 11.5 Å². The van der Waals surface area contributed by atoms with Crippen LogP contribution in [0.3, 0.4) is 0 Å². The van der Waals surface area contributed by atoms with Gasteiger partial charge in [0.05, 0.1) is 5.16 Å². The van der Waals surface area contributed by atoms with Gasteiger partial charge in [0.15, 0.2) is 0 Å². The van der Waals surface area contributed by atoms with Crippen LogP contribution >= 0.6 is 12.2 Å². The summed E-state index contributed by atoms with van der Waals surface area (Å²) in [5, 5.41) is 2.27. The Labute approximate surface area is 163 Å². The first-order chi connectivity index (χ1) is 12.6. The lowest BCUT2D eigenvalue weighted by atomic mass is 9.69. The molecule has 1 aromatic rings. The zero-order chi connectivity index (χ0) is 18.5. The van der Waals surface area contributed by atoms with Crippen molar-refractivity contribution in [2.45, 2.75) is 78.1 Å². The summed E-state index contributed by atoms with van der Waals surface area (Å²) in [5.41, 5.74) is 2.28. The summed E-state index contributed by atoms with van der Waals surface area (Å²) in [6.45, 7) is 4.31. The SMILES string of the molecule is Cc1cc(CCC2CCC(C3CCC(C)CC3)CC2)cc(F)c1N=C=S. The summed E-state index contributed by atoms with van der Waals surface area (Å²) < 4.78 is 14.2. The summed E-state index contributed by atoms with van der Waals surface area (Å²) in [4.78, 5) is 3.84. The molecule has 3 rings (SSSR count). The van der Waals surface area contributed by atoms with Crippen LogP contribution in [-0.4, -0.2) is 5.16 Å². The third kappa shape index (κ3) is 5.02. The summed E-state index contributed by atoms with van der Waals surface area (Å²) in [5.74, 6) is 3.47. The van der Waals surface area contributed by atoms with Crippen molar-refractivity contribution in [3.8, 4) is 0 Å². The van der Waals surface area contributed by atoms with Gasteiger partial charge in [0.25, 0.3) is 0 Å². The van der Waals surface area contributed by atoms with Gasteiger partial charge in [-0.15, -0.1) is 0 Å². The second-order valence-electron chi connectivity index (χ2n) is 8.79. The molecule has 0 bridgehead atoms. The van der Waals surface area contributed by atoms with Crippen molar-refractivity contribution >= 4 is 23.1 Å². The number of rotatable bonds is 5. The smallest absolute Gasteiger partial charge is 0.150 e. The van der Waals surface area contributed by atoms with Gasteiger partial charge in [-0.05, 0) is 98.5 Å². The normalized spacial score (nSPS) is 29.2. The van der Waals surface area contributed by atoms with Gasteiger partial charge in [-0.25, -0.2) is 4.39 Å². The summed E-state index contributed by atoms with van der Waals surface area (Å²) in [6, 6.07) is 3.69. The lowest BCUT2D eigenvalue weighted by Gasteiger charge is -2.37. The monoisotopic (exact) mass is 373 g/mol. The molecular weight excluding hydrogens is 341 g/mol. The van der Waals surface area contributed by atoms with Crippen LogP contribution in [0.1, 0.15) is 75.8 Å². The van der Waals surface area contributed by atoms with E-state index in [1.807, 2.05) is 6.92 Å². The fourth-order valence-electron chi connectivity index (χ4n) is 5.22. The highest BCUT2D eigenvalue weighted by Gasteiger charge is 2.29. The van der Waals surface area contributed by atoms with E-state index in [1.54, 1.807) is 6.07 Å². The molecule has 0 spiro atoms. The molecule has 0 aromatic heterocycles. The fraction of sp³-hybridized carbons (Fsp3) is 0.696. The average Bonchev–Trinajstić information content (AvgIpc) is 2.64. The van der Waals surface area contributed by atoms with Gasteiger partial charge >= 0.3 is 0 Å². The summed E-state index contributed by atoms with van der Waals surface area (Å²) >= 11 is 4.60. The van der Waals surface area contributed by atoms with Crippen LogP contribution in [0.5, 0.6) is 0 Å². The molecule has 0 heterocycles. The number of thiocarbonyl (C=S) groups is 1. The van der Waals surface area contributed by atoms with Crippen molar-refractivity contribution < 1.29 is 4.39 Å². The van der Waals surface area contributed by atoms with Gasteiger partial charge in [0.2, 0.25) is 0 Å². The quantitative estimate of drug-likeness (QED) is 0.386. The first kappa shape index (κ1) is 19.7. The number of aryl methyl sites for hydroxylation is 2. The highest BCUT2D eigenvalue weighted by molar-refractivity contribution is 7.78. The Balaban J connectivity index is 1.47. The second-order valence-corrected chi connectivity index (χ2v) is 8.97. The van der Waals surface area contributed by atoms with Gasteiger partial charge in [-0.1, -0.05) is 38.7 Å². The van der Waals surface area contributed by atoms with E-state index in [0.29, 0.717) is 5.69 Å². The lowest BCUT2D eigenvalue weighted by Crippen LogP contribution is -2.25. The second kappa shape index (κ2) is 9.24. The molecule has 2 fully saturated rings. The molecule has 2 saturated carbocycles. The molecule has 26 heavy (non-hydrogen) atoms. The molecule has 0 saturated heterocycles. The van der Waals surface area contributed by atoms with Crippen molar-refractivity contribution in [2.24, 2.45) is 28.7 Å². The summed E-state index contributed by atoms with van der Waals surface area (Å²) in [7, 11) is 0. The van der Waals surface area contributed by atoms with Crippen LogP contribution in [0, 0.1) is 36.4 Å². The molecular formula is C23H32FNS. The van der Waals surface area contributed by atoms with Gasteiger partial charge in [-0.2, -0.15) is 4.99 Å². The van der Waals surface area contributed by atoms with E-state index in [4.69, 9.17) is 0 Å². The molecule has 3 heteroatoms. The number of nitrogens with zero attached hydrogens (tertiary/aromatic N) is 1. The highest BCUT2D eigenvalue weighted by Crippen LogP contribution is 2.42. The fourth-order valence-corrected chi connectivity index (χ4v) is 5.31. The van der Waals surface area contributed by atoms with Crippen LogP contribution in [0.15, 0.2) is 17.1 Å². The van der Waals surface area contributed by atoms with Crippen LogP contribution in [0.4, 0.5) is 10.1 Å². The zero-order valence-electron chi connectivity index (χ0n) is 16.3. The minimum atomic E-state index is -0.271. The Morgan fingerprint density at radius 2 is 1.65 bits per heavy atom. The zero-order valence-corrected chi connectivity index (χ0v) is 17.1. The molecule has 142 valence electrons. The minimum absolute atomic E-state index is 0.271. The number of hydrogen-bond acceptors (Lipinski definition) is 2. The minimum Gasteiger partial charge on any atom is -0.205 e. The molecule has 2 aliphatic rings. The van der Waals surface area contributed by atoms with Crippen molar-refractivity contribution in [2.75, 3.05) is 0 Å². The van der Waals surface area contributed by atoms with E-state index in [1.165, 1.54) is 57.8 Å². The topological polar surface area (TPSA) is 12.4 Å². The Kier molecular flexibility index (Phi) is 7.00. The highest BCUT2D eigenvalue weighted by atomic mass is 32.1. The van der Waals surface area contributed by atoms with Crippen molar-refractivity contribution in [1.82, 2.24) is 0 Å². The molecule has 0 unspecified atom stereocenters. The van der Waals surface area contributed by atoms with Crippen LogP contribution in [0.2, 0.25) is 0 Å². The predicted molar refractivity (Wildman–Crippen MR) is 111 cm³/mol. The molecule has 1 aromatic carbocycles. The summed E-state index contributed by atoms with van der Waals surface area (Å²) in [6.07, 6.45) is 13.5. The van der Waals surface area contributed by atoms with E-state index < -0.39 is 0 Å². The average molecular weight is 374 g/mol. The largest absolute Gasteiger partial charge is 0.205 e. The standard InChI is InChI=1S/C23H32FNS/c1-16-3-9-20(10-4-16)21-11-7-18(8-12-21)5-6-19-13-17(2)23(25-15-26)22(24)14-19/h13-14,16,18,20-21H,3-12H2,1-2H3. The molecule has 2 aliphatic carbocycles. The van der Waals surface area contributed by atoms with Crippen molar-refractivity contribution in [3.05, 3.63) is 29.1 Å². The molecule has 0 N–H and O–H groups in total.